The minimum atomic E-state index is -0.165. The largest absolute Gasteiger partial charge is 0.393 e. The second-order valence-corrected chi connectivity index (χ2v) is 4.71. The van der Waals surface area contributed by atoms with Gasteiger partial charge in [-0.05, 0) is 25.2 Å². The number of aryl methyl sites for hydroxylation is 1. The Balaban J connectivity index is 2.38. The maximum atomic E-state index is 9.46. The van der Waals surface area contributed by atoms with E-state index in [0.717, 1.165) is 38.1 Å². The van der Waals surface area contributed by atoms with Gasteiger partial charge in [0.1, 0.15) is 12.2 Å². The first kappa shape index (κ1) is 13.2. The molecule has 1 atom stereocenters. The zero-order valence-corrected chi connectivity index (χ0v) is 10.6. The molecule has 0 spiro atoms. The molecule has 1 aromatic rings. The summed E-state index contributed by atoms with van der Waals surface area (Å²) in [5, 5.41) is 13.7. The molecule has 0 aliphatic rings. The Kier molecular flexibility index (Phi) is 5.46. The predicted octanol–water partition coefficient (Wildman–Crippen LogP) is 2.03. The molecule has 1 rings (SSSR count). The van der Waals surface area contributed by atoms with Gasteiger partial charge >= 0.3 is 0 Å². The predicted molar refractivity (Wildman–Crippen MR) is 64.1 cm³/mol. The number of aromatic nitrogens is 3. The molecular weight excluding hydrogens is 202 g/mol. The molecule has 0 radical (unpaired) electrons. The molecule has 0 amide bonds. The summed E-state index contributed by atoms with van der Waals surface area (Å²) < 4.78 is 1.98. The highest BCUT2D eigenvalue weighted by atomic mass is 16.3. The lowest BCUT2D eigenvalue weighted by molar-refractivity contribution is 0.157. The molecule has 0 fully saturated rings. The molecule has 1 N–H and O–H groups in total. The zero-order chi connectivity index (χ0) is 12.0. The Morgan fingerprint density at radius 2 is 2.19 bits per heavy atom. The van der Waals surface area contributed by atoms with Crippen LogP contribution in [-0.4, -0.2) is 26.0 Å². The van der Waals surface area contributed by atoms with Crippen LogP contribution < -0.4 is 0 Å². The van der Waals surface area contributed by atoms with Gasteiger partial charge in [0.05, 0.1) is 6.10 Å². The van der Waals surface area contributed by atoms with Crippen LogP contribution in [0.25, 0.3) is 0 Å². The van der Waals surface area contributed by atoms with Crippen LogP contribution in [0.1, 0.15) is 45.9 Å². The number of aliphatic hydroxyl groups is 1. The van der Waals surface area contributed by atoms with Gasteiger partial charge in [0.25, 0.3) is 0 Å². The van der Waals surface area contributed by atoms with Gasteiger partial charge < -0.3 is 5.11 Å². The summed E-state index contributed by atoms with van der Waals surface area (Å²) in [6.07, 6.45) is 5.02. The van der Waals surface area contributed by atoms with E-state index in [4.69, 9.17) is 0 Å². The molecule has 4 nitrogen and oxygen atoms in total. The van der Waals surface area contributed by atoms with E-state index in [2.05, 4.69) is 23.9 Å². The quantitative estimate of drug-likeness (QED) is 0.772. The molecule has 1 heterocycles. The molecule has 16 heavy (non-hydrogen) atoms. The molecule has 0 saturated carbocycles. The summed E-state index contributed by atoms with van der Waals surface area (Å²) >= 11 is 0. The third kappa shape index (κ3) is 4.31. The van der Waals surface area contributed by atoms with Crippen LogP contribution in [0.2, 0.25) is 0 Å². The van der Waals surface area contributed by atoms with Crippen LogP contribution in [0.4, 0.5) is 0 Å². The molecule has 0 bridgehead atoms. The van der Waals surface area contributed by atoms with Crippen molar-refractivity contribution in [3.63, 3.8) is 0 Å². The molecule has 4 heteroatoms. The van der Waals surface area contributed by atoms with Crippen molar-refractivity contribution < 1.29 is 5.11 Å². The van der Waals surface area contributed by atoms with E-state index < -0.39 is 0 Å². The van der Waals surface area contributed by atoms with E-state index in [-0.39, 0.29) is 6.10 Å². The standard InChI is InChI=1S/C12H23N3O/c1-4-11(16)6-5-7-12-13-9-14-15(12)8-10(2)3/h9-11,16H,4-8H2,1-3H3. The fraction of sp³-hybridized carbons (Fsp3) is 0.833. The second kappa shape index (κ2) is 6.63. The first-order valence-corrected chi connectivity index (χ1v) is 6.18. The first-order valence-electron chi connectivity index (χ1n) is 6.18. The monoisotopic (exact) mass is 225 g/mol. The molecule has 1 unspecified atom stereocenters. The highest BCUT2D eigenvalue weighted by Crippen LogP contribution is 2.07. The third-order valence-electron chi connectivity index (χ3n) is 2.64. The van der Waals surface area contributed by atoms with Gasteiger partial charge in [0.15, 0.2) is 0 Å². The van der Waals surface area contributed by atoms with Crippen LogP contribution in [0.15, 0.2) is 6.33 Å². The summed E-state index contributed by atoms with van der Waals surface area (Å²) in [5.74, 6) is 1.62. The van der Waals surface area contributed by atoms with Gasteiger partial charge in [-0.25, -0.2) is 9.67 Å². The fourth-order valence-corrected chi connectivity index (χ4v) is 1.68. The van der Waals surface area contributed by atoms with E-state index in [1.54, 1.807) is 6.33 Å². The molecule has 0 aromatic carbocycles. The SMILES string of the molecule is CCC(O)CCCc1ncnn1CC(C)C. The second-order valence-electron chi connectivity index (χ2n) is 4.71. The minimum absolute atomic E-state index is 0.165. The van der Waals surface area contributed by atoms with E-state index in [1.165, 1.54) is 0 Å². The van der Waals surface area contributed by atoms with E-state index in [0.29, 0.717) is 5.92 Å². The number of hydrogen-bond acceptors (Lipinski definition) is 3. The zero-order valence-electron chi connectivity index (χ0n) is 10.6. The normalized spacial score (nSPS) is 13.3. The Bertz CT molecular complexity index is 296. The van der Waals surface area contributed by atoms with Gasteiger partial charge in [-0.3, -0.25) is 0 Å². The molecule has 0 aliphatic heterocycles. The number of aliphatic hydroxyl groups excluding tert-OH is 1. The summed E-state index contributed by atoms with van der Waals surface area (Å²) in [4.78, 5) is 4.26. The third-order valence-corrected chi connectivity index (χ3v) is 2.64. The van der Waals surface area contributed by atoms with Crippen LogP contribution in [0.5, 0.6) is 0 Å². The molecule has 92 valence electrons. The van der Waals surface area contributed by atoms with E-state index in [9.17, 15) is 5.11 Å². The Morgan fingerprint density at radius 3 is 2.81 bits per heavy atom. The van der Waals surface area contributed by atoms with Gasteiger partial charge in [-0.1, -0.05) is 20.8 Å². The van der Waals surface area contributed by atoms with E-state index in [1.807, 2.05) is 11.6 Å². The Labute approximate surface area is 97.7 Å². The average Bonchev–Trinajstić information content (AvgIpc) is 2.64. The highest BCUT2D eigenvalue weighted by molar-refractivity contribution is 4.85. The van der Waals surface area contributed by atoms with Crippen LogP contribution in [0.3, 0.4) is 0 Å². The molecule has 0 aliphatic carbocycles. The maximum absolute atomic E-state index is 9.46. The maximum Gasteiger partial charge on any atom is 0.138 e. The lowest BCUT2D eigenvalue weighted by Gasteiger charge is -2.09. The average molecular weight is 225 g/mol. The van der Waals surface area contributed by atoms with Crippen molar-refractivity contribution in [3.8, 4) is 0 Å². The number of hydrogen-bond donors (Lipinski definition) is 1. The summed E-state index contributed by atoms with van der Waals surface area (Å²) in [6.45, 7) is 7.27. The van der Waals surface area contributed by atoms with Crippen molar-refractivity contribution in [2.45, 2.75) is 59.1 Å². The smallest absolute Gasteiger partial charge is 0.138 e. The van der Waals surface area contributed by atoms with Gasteiger partial charge in [-0.15, -0.1) is 0 Å². The lowest BCUT2D eigenvalue weighted by atomic mass is 10.1. The van der Waals surface area contributed by atoms with Crippen LogP contribution >= 0.6 is 0 Å². The lowest BCUT2D eigenvalue weighted by Crippen LogP contribution is -2.11. The van der Waals surface area contributed by atoms with Crippen molar-refractivity contribution >= 4 is 0 Å². The van der Waals surface area contributed by atoms with Gasteiger partial charge in [-0.2, -0.15) is 5.10 Å². The molecule has 1 aromatic heterocycles. The molecule has 0 saturated heterocycles. The topological polar surface area (TPSA) is 50.9 Å². The van der Waals surface area contributed by atoms with Crippen LogP contribution in [-0.2, 0) is 13.0 Å². The molecular formula is C12H23N3O. The summed E-state index contributed by atoms with van der Waals surface area (Å²) in [7, 11) is 0. The van der Waals surface area contributed by atoms with Gasteiger partial charge in [0.2, 0.25) is 0 Å². The fourth-order valence-electron chi connectivity index (χ4n) is 1.68. The summed E-state index contributed by atoms with van der Waals surface area (Å²) in [6, 6.07) is 0. The Hall–Kier alpha value is -0.900. The number of nitrogens with zero attached hydrogens (tertiary/aromatic N) is 3. The van der Waals surface area contributed by atoms with Crippen molar-refractivity contribution in [1.29, 1.82) is 0 Å². The Morgan fingerprint density at radius 1 is 1.44 bits per heavy atom. The van der Waals surface area contributed by atoms with Crippen molar-refractivity contribution in [2.75, 3.05) is 0 Å². The number of rotatable bonds is 7. The minimum Gasteiger partial charge on any atom is -0.393 e. The van der Waals surface area contributed by atoms with Gasteiger partial charge in [0, 0.05) is 13.0 Å². The van der Waals surface area contributed by atoms with Crippen molar-refractivity contribution in [1.82, 2.24) is 14.8 Å². The van der Waals surface area contributed by atoms with E-state index >= 15 is 0 Å². The van der Waals surface area contributed by atoms with Crippen LogP contribution in [0, 0.1) is 5.92 Å². The summed E-state index contributed by atoms with van der Waals surface area (Å²) in [5.41, 5.74) is 0. The van der Waals surface area contributed by atoms with Crippen molar-refractivity contribution in [2.24, 2.45) is 5.92 Å². The van der Waals surface area contributed by atoms with Crippen molar-refractivity contribution in [3.05, 3.63) is 12.2 Å². The highest BCUT2D eigenvalue weighted by Gasteiger charge is 2.07. The first-order chi connectivity index (χ1) is 7.63.